The van der Waals surface area contributed by atoms with E-state index in [4.69, 9.17) is 0 Å². The molecule has 1 N–H and O–H groups in total. The number of carbonyl (C=O) groups excluding carboxylic acids is 1. The summed E-state index contributed by atoms with van der Waals surface area (Å²) in [5.74, 6) is 0.655. The summed E-state index contributed by atoms with van der Waals surface area (Å²) < 4.78 is 0. The predicted octanol–water partition coefficient (Wildman–Crippen LogP) is 2.52. The number of hydrogen-bond donors (Lipinski definition) is 1. The third-order valence-corrected chi connectivity index (χ3v) is 5.76. The van der Waals surface area contributed by atoms with Crippen molar-refractivity contribution in [1.29, 1.82) is 0 Å². The number of hydrogen-bond acceptors (Lipinski definition) is 3. The van der Waals surface area contributed by atoms with Gasteiger partial charge in [-0.25, -0.2) is 0 Å². The van der Waals surface area contributed by atoms with E-state index in [1.165, 1.54) is 18.4 Å². The fourth-order valence-corrected chi connectivity index (χ4v) is 4.17. The molecule has 2 aliphatic heterocycles. The van der Waals surface area contributed by atoms with Crippen molar-refractivity contribution < 1.29 is 9.90 Å². The third-order valence-electron chi connectivity index (χ3n) is 5.76. The summed E-state index contributed by atoms with van der Waals surface area (Å²) in [6.07, 6.45) is 4.08. The van der Waals surface area contributed by atoms with Crippen LogP contribution in [0.3, 0.4) is 0 Å². The van der Waals surface area contributed by atoms with Crippen LogP contribution in [-0.4, -0.2) is 53.6 Å². The van der Waals surface area contributed by atoms with Crippen LogP contribution in [0.15, 0.2) is 30.3 Å². The lowest BCUT2D eigenvalue weighted by molar-refractivity contribution is -0.140. The molecule has 24 heavy (non-hydrogen) atoms. The van der Waals surface area contributed by atoms with Crippen LogP contribution in [0.4, 0.5) is 0 Å². The molecule has 3 rings (SSSR count). The van der Waals surface area contributed by atoms with Gasteiger partial charge in [0.25, 0.3) is 0 Å². The normalized spacial score (nSPS) is 22.8. The zero-order chi connectivity index (χ0) is 17.0. The van der Waals surface area contributed by atoms with Crippen LogP contribution in [0.25, 0.3) is 0 Å². The van der Waals surface area contributed by atoms with Crippen LogP contribution in [0, 0.1) is 11.3 Å². The molecule has 4 nitrogen and oxygen atoms in total. The number of nitrogens with zero attached hydrogens (tertiary/aromatic N) is 2. The van der Waals surface area contributed by atoms with Crippen molar-refractivity contribution in [3.63, 3.8) is 0 Å². The molecule has 0 saturated carbocycles. The molecule has 1 amide bonds. The second-order valence-corrected chi connectivity index (χ2v) is 7.82. The van der Waals surface area contributed by atoms with Gasteiger partial charge >= 0.3 is 0 Å². The quantitative estimate of drug-likeness (QED) is 0.902. The predicted molar refractivity (Wildman–Crippen MR) is 95.4 cm³/mol. The van der Waals surface area contributed by atoms with Gasteiger partial charge in [0.1, 0.15) is 0 Å². The van der Waals surface area contributed by atoms with Gasteiger partial charge in [0.2, 0.25) is 5.91 Å². The first kappa shape index (κ1) is 17.4. The summed E-state index contributed by atoms with van der Waals surface area (Å²) in [7, 11) is 0. The fourth-order valence-electron chi connectivity index (χ4n) is 4.17. The average Bonchev–Trinajstić information content (AvgIpc) is 2.61. The largest absolute Gasteiger partial charge is 0.396 e. The molecule has 4 heteroatoms. The lowest BCUT2D eigenvalue weighted by Crippen LogP contribution is -2.51. The lowest BCUT2D eigenvalue weighted by Gasteiger charge is -2.47. The van der Waals surface area contributed by atoms with E-state index < -0.39 is 0 Å². The molecule has 2 fully saturated rings. The fraction of sp³-hybridized carbons (Fsp3) is 0.650. The van der Waals surface area contributed by atoms with Gasteiger partial charge in [-0.15, -0.1) is 0 Å². The van der Waals surface area contributed by atoms with Gasteiger partial charge in [-0.1, -0.05) is 37.3 Å². The maximum atomic E-state index is 12.4. The zero-order valence-electron chi connectivity index (χ0n) is 14.8. The Bertz CT molecular complexity index is 538. The smallest absolute Gasteiger partial charge is 0.222 e. The molecule has 1 aromatic carbocycles. The minimum Gasteiger partial charge on any atom is -0.396 e. The Morgan fingerprint density at radius 2 is 1.88 bits per heavy atom. The van der Waals surface area contributed by atoms with Crippen molar-refractivity contribution in [3.8, 4) is 0 Å². The number of benzene rings is 1. The molecule has 132 valence electrons. The summed E-state index contributed by atoms with van der Waals surface area (Å²) in [5.41, 5.74) is 1.53. The van der Waals surface area contributed by atoms with Gasteiger partial charge in [0, 0.05) is 32.7 Å². The number of rotatable bonds is 5. The number of piperidine rings is 2. The van der Waals surface area contributed by atoms with Gasteiger partial charge in [-0.3, -0.25) is 4.79 Å². The van der Waals surface area contributed by atoms with Crippen molar-refractivity contribution in [1.82, 2.24) is 9.80 Å². The molecule has 1 atom stereocenters. The summed E-state index contributed by atoms with van der Waals surface area (Å²) >= 11 is 0. The Kier molecular flexibility index (Phi) is 5.57. The molecule has 0 aliphatic carbocycles. The molecule has 0 aromatic heterocycles. The number of aliphatic hydroxyl groups excluding tert-OH is 1. The Morgan fingerprint density at radius 1 is 1.17 bits per heavy atom. The Labute approximate surface area is 145 Å². The second-order valence-electron chi connectivity index (χ2n) is 7.82. The van der Waals surface area contributed by atoms with E-state index >= 15 is 0 Å². The van der Waals surface area contributed by atoms with E-state index in [2.05, 4.69) is 28.9 Å². The first-order chi connectivity index (χ1) is 11.6. The summed E-state index contributed by atoms with van der Waals surface area (Å²) in [5, 5.41) is 9.24. The molecule has 0 unspecified atom stereocenters. The van der Waals surface area contributed by atoms with Gasteiger partial charge in [0.05, 0.1) is 0 Å². The second kappa shape index (κ2) is 7.66. The SMILES string of the molecule is C[C@H](CO)CN1CCC2(CCC(=O)N(Cc3ccccc3)C2)CC1. The molecule has 0 bridgehead atoms. The highest BCUT2D eigenvalue weighted by Crippen LogP contribution is 2.40. The molecule has 1 spiro atoms. The molecular weight excluding hydrogens is 300 g/mol. The minimum absolute atomic E-state index is 0.265. The highest BCUT2D eigenvalue weighted by Gasteiger charge is 2.40. The van der Waals surface area contributed by atoms with Crippen molar-refractivity contribution in [3.05, 3.63) is 35.9 Å². The number of aliphatic hydroxyl groups is 1. The van der Waals surface area contributed by atoms with E-state index in [1.54, 1.807) is 0 Å². The Balaban J connectivity index is 1.58. The van der Waals surface area contributed by atoms with Gasteiger partial charge in [-0.05, 0) is 49.2 Å². The van der Waals surface area contributed by atoms with Crippen LogP contribution in [0.5, 0.6) is 0 Å². The first-order valence-electron chi connectivity index (χ1n) is 9.25. The average molecular weight is 330 g/mol. The zero-order valence-corrected chi connectivity index (χ0v) is 14.8. The monoisotopic (exact) mass is 330 g/mol. The highest BCUT2D eigenvalue weighted by molar-refractivity contribution is 5.77. The topological polar surface area (TPSA) is 43.8 Å². The van der Waals surface area contributed by atoms with E-state index in [1.807, 2.05) is 18.2 Å². The van der Waals surface area contributed by atoms with Crippen molar-refractivity contribution >= 4 is 5.91 Å². The molecule has 2 heterocycles. The van der Waals surface area contributed by atoms with Gasteiger partial charge in [-0.2, -0.15) is 0 Å². The van der Waals surface area contributed by atoms with Gasteiger partial charge < -0.3 is 14.9 Å². The Hall–Kier alpha value is -1.39. The van der Waals surface area contributed by atoms with E-state index in [0.29, 0.717) is 23.7 Å². The molecule has 1 aromatic rings. The van der Waals surface area contributed by atoms with Crippen LogP contribution in [0.1, 0.15) is 38.2 Å². The maximum Gasteiger partial charge on any atom is 0.222 e. The summed E-state index contributed by atoms with van der Waals surface area (Å²) in [6, 6.07) is 10.3. The number of carbonyl (C=O) groups is 1. The minimum atomic E-state index is 0.265. The van der Waals surface area contributed by atoms with Crippen molar-refractivity contribution in [2.24, 2.45) is 11.3 Å². The summed E-state index contributed by atoms with van der Waals surface area (Å²) in [4.78, 5) is 16.9. The van der Waals surface area contributed by atoms with Crippen molar-refractivity contribution in [2.45, 2.75) is 39.2 Å². The first-order valence-corrected chi connectivity index (χ1v) is 9.25. The van der Waals surface area contributed by atoms with Crippen LogP contribution >= 0.6 is 0 Å². The van der Waals surface area contributed by atoms with E-state index in [9.17, 15) is 9.90 Å². The molecule has 0 radical (unpaired) electrons. The van der Waals surface area contributed by atoms with Gasteiger partial charge in [0.15, 0.2) is 0 Å². The summed E-state index contributed by atoms with van der Waals surface area (Å²) in [6.45, 7) is 7.19. The maximum absolute atomic E-state index is 12.4. The Morgan fingerprint density at radius 3 is 2.54 bits per heavy atom. The van der Waals surface area contributed by atoms with Crippen LogP contribution in [-0.2, 0) is 11.3 Å². The van der Waals surface area contributed by atoms with Crippen molar-refractivity contribution in [2.75, 3.05) is 32.8 Å². The number of amides is 1. The third kappa shape index (κ3) is 4.17. The van der Waals surface area contributed by atoms with E-state index in [-0.39, 0.29) is 6.61 Å². The number of likely N-dealkylation sites (tertiary alicyclic amines) is 2. The van der Waals surface area contributed by atoms with Crippen LogP contribution < -0.4 is 0 Å². The molecular formula is C20H30N2O2. The molecule has 2 aliphatic rings. The van der Waals surface area contributed by atoms with E-state index in [0.717, 1.165) is 39.1 Å². The lowest BCUT2D eigenvalue weighted by atomic mass is 9.72. The molecule has 2 saturated heterocycles. The standard InChI is InChI=1S/C20H30N2O2/c1-17(15-23)13-21-11-9-20(10-12-21)8-7-19(24)22(16-20)14-18-5-3-2-4-6-18/h2-6,17,23H,7-16H2,1H3/t17-/m0/s1. The van der Waals surface area contributed by atoms with Crippen LogP contribution in [0.2, 0.25) is 0 Å². The highest BCUT2D eigenvalue weighted by atomic mass is 16.3.